The van der Waals surface area contributed by atoms with Crippen LogP contribution in [0.15, 0.2) is 16.8 Å². The maximum Gasteiger partial charge on any atom is 0.502 e. The number of ketones is 1. The highest BCUT2D eigenvalue weighted by Gasteiger charge is 2.35. The summed E-state index contributed by atoms with van der Waals surface area (Å²) in [5.74, 6) is -0.588. The van der Waals surface area contributed by atoms with Gasteiger partial charge in [-0.05, 0) is 0 Å². The Morgan fingerprint density at radius 3 is 2.92 bits per heavy atom. The van der Waals surface area contributed by atoms with Crippen LogP contribution in [0.4, 0.5) is 0 Å². The van der Waals surface area contributed by atoms with Crippen LogP contribution >= 0.6 is 0 Å². The van der Waals surface area contributed by atoms with Crippen LogP contribution in [-0.2, 0) is 23.6 Å². The third kappa shape index (κ3) is 1.07. The average Bonchev–Trinajstić information content (AvgIpc) is 2.21. The molecule has 0 radical (unpaired) electrons. The first kappa shape index (κ1) is 7.29. The number of carbonyl (C=O) groups excluding carboxylic acids is 1. The van der Waals surface area contributed by atoms with E-state index in [4.69, 9.17) is 0 Å². The summed E-state index contributed by atoms with van der Waals surface area (Å²) in [7, 11) is -4.00. The highest BCUT2D eigenvalue weighted by molar-refractivity contribution is 7.82. The molecule has 12 heavy (non-hydrogen) atoms. The monoisotopic (exact) mass is 189 g/mol. The molecule has 0 aliphatic carbocycles. The summed E-state index contributed by atoms with van der Waals surface area (Å²) in [4.78, 5) is 14.2. The molecule has 0 aromatic heterocycles. The fraction of sp³-hybridized carbons (Fsp3) is 0.200. The average molecular weight is 189 g/mol. The number of carbonyl (C=O) groups is 1. The van der Waals surface area contributed by atoms with Gasteiger partial charge in [-0.2, -0.15) is 0 Å². The minimum Gasteiger partial charge on any atom is -0.347 e. The fourth-order valence-corrected chi connectivity index (χ4v) is 1.53. The van der Waals surface area contributed by atoms with Crippen LogP contribution in [0.1, 0.15) is 0 Å². The zero-order valence-electron chi connectivity index (χ0n) is 5.68. The Hall–Kier alpha value is -1.37. The minimum atomic E-state index is -4.00. The van der Waals surface area contributed by atoms with E-state index in [1.165, 1.54) is 0 Å². The molecule has 0 spiro atoms. The molecule has 0 saturated carbocycles. The Morgan fingerprint density at radius 1 is 1.42 bits per heavy atom. The number of fused-ring (bicyclic) bond motifs is 1. The Labute approximate surface area is 67.8 Å². The predicted octanol–water partition coefficient (Wildman–Crippen LogP) is -0.857. The number of nitrogens with zero attached hydrogens (tertiary/aromatic N) is 1. The van der Waals surface area contributed by atoms with Gasteiger partial charge in [0, 0.05) is 6.08 Å². The number of aliphatic imine (C=N–C) groups is 1. The van der Waals surface area contributed by atoms with Gasteiger partial charge >= 0.3 is 10.4 Å². The van der Waals surface area contributed by atoms with E-state index in [0.29, 0.717) is 0 Å². The summed E-state index contributed by atoms with van der Waals surface area (Å²) in [5.41, 5.74) is 0. The zero-order valence-corrected chi connectivity index (χ0v) is 6.50. The third-order valence-electron chi connectivity index (χ3n) is 1.25. The van der Waals surface area contributed by atoms with Crippen LogP contribution in [0, 0.1) is 0 Å². The van der Waals surface area contributed by atoms with Gasteiger partial charge in [-0.15, -0.1) is 8.42 Å². The van der Waals surface area contributed by atoms with E-state index in [1.807, 2.05) is 0 Å². The molecule has 2 heterocycles. The van der Waals surface area contributed by atoms with E-state index < -0.39 is 10.4 Å². The summed E-state index contributed by atoms with van der Waals surface area (Å²) >= 11 is 0. The second-order valence-corrected chi connectivity index (χ2v) is 3.32. The molecule has 0 amide bonds. The first-order chi connectivity index (χ1) is 5.57. The van der Waals surface area contributed by atoms with Gasteiger partial charge in [-0.3, -0.25) is 4.79 Å². The largest absolute Gasteiger partial charge is 0.502 e. The van der Waals surface area contributed by atoms with Crippen molar-refractivity contribution in [2.45, 2.75) is 0 Å². The predicted molar refractivity (Wildman–Crippen MR) is 36.5 cm³/mol. The van der Waals surface area contributed by atoms with Crippen molar-refractivity contribution >= 4 is 22.1 Å². The lowest BCUT2D eigenvalue weighted by atomic mass is 10.3. The maximum atomic E-state index is 10.7. The molecule has 64 valence electrons. The Morgan fingerprint density at radius 2 is 2.17 bits per heavy atom. The normalized spacial score (nSPS) is 24.8. The molecule has 1 saturated heterocycles. The van der Waals surface area contributed by atoms with Crippen molar-refractivity contribution in [1.82, 2.24) is 0 Å². The van der Waals surface area contributed by atoms with E-state index >= 15 is 0 Å². The second-order valence-electron chi connectivity index (χ2n) is 2.17. The van der Waals surface area contributed by atoms with Crippen LogP contribution in [0.5, 0.6) is 0 Å². The third-order valence-corrected chi connectivity index (χ3v) is 2.00. The first-order valence-corrected chi connectivity index (χ1v) is 4.33. The molecular formula is C5H3NO5S. The van der Waals surface area contributed by atoms with Crippen LogP contribution in [0.3, 0.4) is 0 Å². The Kier molecular flexibility index (Phi) is 1.26. The number of rotatable bonds is 0. The summed E-state index contributed by atoms with van der Waals surface area (Å²) in [6, 6.07) is 0. The van der Waals surface area contributed by atoms with Crippen molar-refractivity contribution in [2.75, 3.05) is 6.54 Å². The summed E-state index contributed by atoms with van der Waals surface area (Å²) < 4.78 is 29.8. The molecule has 0 aromatic rings. The standard InChI is InChI=1S/C5H3NO5S/c7-3-1-4-5(6-2-3)11-12(8,9)10-4/h1H,2H2. The number of dihydropyridines is 1. The van der Waals surface area contributed by atoms with Crippen LogP contribution in [-0.4, -0.2) is 26.6 Å². The van der Waals surface area contributed by atoms with Crippen molar-refractivity contribution in [3.63, 3.8) is 0 Å². The fourth-order valence-electron chi connectivity index (χ4n) is 0.832. The Bertz CT molecular complexity index is 404. The van der Waals surface area contributed by atoms with Crippen LogP contribution < -0.4 is 0 Å². The van der Waals surface area contributed by atoms with E-state index in [9.17, 15) is 13.2 Å². The molecule has 0 bridgehead atoms. The van der Waals surface area contributed by atoms with Gasteiger partial charge < -0.3 is 8.37 Å². The van der Waals surface area contributed by atoms with E-state index in [1.54, 1.807) is 0 Å². The summed E-state index contributed by atoms with van der Waals surface area (Å²) in [5, 5.41) is 0. The number of hydrogen-bond donors (Lipinski definition) is 0. The summed E-state index contributed by atoms with van der Waals surface area (Å²) in [6.45, 7) is -0.0995. The van der Waals surface area contributed by atoms with Crippen LogP contribution in [0.2, 0.25) is 0 Å². The second kappa shape index (κ2) is 2.07. The van der Waals surface area contributed by atoms with E-state index in [2.05, 4.69) is 13.4 Å². The lowest BCUT2D eigenvalue weighted by Crippen LogP contribution is -2.11. The van der Waals surface area contributed by atoms with Gasteiger partial charge in [0.05, 0.1) is 0 Å². The topological polar surface area (TPSA) is 82.0 Å². The SMILES string of the molecule is O=C1C=C2OS(=O)(=O)OC2=NC1. The highest BCUT2D eigenvalue weighted by atomic mass is 32.3. The lowest BCUT2D eigenvalue weighted by molar-refractivity contribution is -0.113. The molecule has 2 rings (SSSR count). The number of hydrogen-bond acceptors (Lipinski definition) is 6. The van der Waals surface area contributed by atoms with E-state index in [-0.39, 0.29) is 24.0 Å². The molecule has 0 unspecified atom stereocenters. The Balaban J connectivity index is 2.46. The smallest absolute Gasteiger partial charge is 0.347 e. The molecule has 0 N–H and O–H groups in total. The van der Waals surface area contributed by atoms with Crippen LogP contribution in [0.25, 0.3) is 0 Å². The molecular weight excluding hydrogens is 186 g/mol. The molecule has 2 aliphatic heterocycles. The quantitative estimate of drug-likeness (QED) is 0.495. The summed E-state index contributed by atoms with van der Waals surface area (Å²) in [6.07, 6.45) is 1.05. The molecule has 0 aromatic carbocycles. The van der Waals surface area contributed by atoms with Crippen molar-refractivity contribution in [2.24, 2.45) is 4.99 Å². The first-order valence-electron chi connectivity index (χ1n) is 3.00. The molecule has 0 atom stereocenters. The van der Waals surface area contributed by atoms with Gasteiger partial charge in [0.2, 0.25) is 5.76 Å². The highest BCUT2D eigenvalue weighted by Crippen LogP contribution is 2.21. The molecule has 6 nitrogen and oxygen atoms in total. The molecule has 2 aliphatic rings. The van der Waals surface area contributed by atoms with Crippen molar-refractivity contribution in [3.05, 3.63) is 11.8 Å². The minimum absolute atomic E-state index is 0.0995. The van der Waals surface area contributed by atoms with Gasteiger partial charge in [0.1, 0.15) is 6.54 Å². The zero-order chi connectivity index (χ0) is 8.77. The van der Waals surface area contributed by atoms with Crippen molar-refractivity contribution < 1.29 is 21.6 Å². The van der Waals surface area contributed by atoms with Gasteiger partial charge in [0.15, 0.2) is 5.78 Å². The van der Waals surface area contributed by atoms with Crippen molar-refractivity contribution in [1.29, 1.82) is 0 Å². The maximum absolute atomic E-state index is 10.7. The van der Waals surface area contributed by atoms with E-state index in [0.717, 1.165) is 6.08 Å². The van der Waals surface area contributed by atoms with Gasteiger partial charge in [0.25, 0.3) is 5.90 Å². The molecule has 1 fully saturated rings. The molecule has 7 heteroatoms. The van der Waals surface area contributed by atoms with Gasteiger partial charge in [-0.1, -0.05) is 0 Å². The van der Waals surface area contributed by atoms with Crippen molar-refractivity contribution in [3.8, 4) is 0 Å². The van der Waals surface area contributed by atoms with Gasteiger partial charge in [-0.25, -0.2) is 4.99 Å². The lowest BCUT2D eigenvalue weighted by Gasteiger charge is -1.97.